The zero-order valence-electron chi connectivity index (χ0n) is 30.0. The van der Waals surface area contributed by atoms with E-state index in [0.717, 1.165) is 21.4 Å². The normalized spacial score (nSPS) is 19.3. The summed E-state index contributed by atoms with van der Waals surface area (Å²) in [5.74, 6) is -0.692. The number of phosphoric ester groups is 2. The minimum atomic E-state index is -5.40. The van der Waals surface area contributed by atoms with Gasteiger partial charge in [-0.1, -0.05) is 41.6 Å². The van der Waals surface area contributed by atoms with Crippen molar-refractivity contribution in [2.75, 3.05) is 6.61 Å². The molecular formula is C35H35N3O17P2. The third-order valence-electron chi connectivity index (χ3n) is 8.22. The van der Waals surface area contributed by atoms with Gasteiger partial charge in [-0.3, -0.25) is 37.1 Å². The number of hydrogen-bond donors (Lipinski definition) is 3. The van der Waals surface area contributed by atoms with Crippen LogP contribution in [0.5, 0.6) is 11.5 Å². The van der Waals surface area contributed by atoms with Crippen molar-refractivity contribution in [2.24, 2.45) is 0 Å². The van der Waals surface area contributed by atoms with Crippen molar-refractivity contribution in [3.05, 3.63) is 123 Å². The van der Waals surface area contributed by atoms with Gasteiger partial charge in [-0.05, 0) is 47.5 Å². The lowest BCUT2D eigenvalue weighted by Crippen LogP contribution is -2.43. The van der Waals surface area contributed by atoms with Gasteiger partial charge >= 0.3 is 33.3 Å². The first-order valence-corrected chi connectivity index (χ1v) is 19.8. The van der Waals surface area contributed by atoms with Gasteiger partial charge < -0.3 is 33.8 Å². The summed E-state index contributed by atoms with van der Waals surface area (Å²) in [6.45, 7) is 0.193. The van der Waals surface area contributed by atoms with Gasteiger partial charge in [0.05, 0.1) is 26.4 Å². The molecule has 5 aromatic rings. The fourth-order valence-corrected chi connectivity index (χ4v) is 8.12. The van der Waals surface area contributed by atoms with Gasteiger partial charge in [-0.2, -0.15) is 4.31 Å². The summed E-state index contributed by atoms with van der Waals surface area (Å²) in [6.07, 6.45) is -5.71. The molecule has 6 rings (SSSR count). The first kappa shape index (κ1) is 41.5. The Morgan fingerprint density at radius 1 is 0.807 bits per heavy atom. The standard InChI is InChI=1S/C35H35N3O17P2/c1-21(39)51-25-11-7-23(8-12-25)18-49-57(47,50-19-24-9-13-26(14-10-24)52-22(2)40)55-56(45,46)48-20-30-32(42)33(43)34(53-30)37-16-15-31(41)38(35(37)44)17-28-27-5-3-4-6-29(27)54-36-28/h3-16,30,32-34,42-43H,17-20H2,1-2H3,(H,45,46)/t30-,32+,33+,34-/m1/s1. The minimum Gasteiger partial charge on any atom is -0.427 e. The lowest BCUT2D eigenvalue weighted by molar-refractivity contribution is -0.132. The highest BCUT2D eigenvalue weighted by atomic mass is 31.3. The van der Waals surface area contributed by atoms with Crippen molar-refractivity contribution in [2.45, 2.75) is 58.1 Å². The lowest BCUT2D eigenvalue weighted by atomic mass is 10.1. The third kappa shape index (κ3) is 10.4. The second kappa shape index (κ2) is 17.6. The second-order valence-electron chi connectivity index (χ2n) is 12.4. The number of hydrogen-bond acceptors (Lipinski definition) is 17. The van der Waals surface area contributed by atoms with E-state index in [1.165, 1.54) is 62.4 Å². The van der Waals surface area contributed by atoms with Crippen molar-refractivity contribution in [1.29, 1.82) is 0 Å². The number of benzene rings is 3. The van der Waals surface area contributed by atoms with Gasteiger partial charge in [-0.15, -0.1) is 0 Å². The summed E-state index contributed by atoms with van der Waals surface area (Å²) >= 11 is 0. The third-order valence-corrected chi connectivity index (χ3v) is 11.2. The molecule has 5 atom stereocenters. The highest BCUT2D eigenvalue weighted by Crippen LogP contribution is 2.64. The molecular weight excluding hydrogens is 796 g/mol. The number of aromatic nitrogens is 3. The number of carbonyl (C=O) groups is 2. The highest BCUT2D eigenvalue weighted by molar-refractivity contribution is 7.61. The van der Waals surface area contributed by atoms with Crippen LogP contribution in [0.15, 0.2) is 99.2 Å². The number of phosphoric acid groups is 2. The summed E-state index contributed by atoms with van der Waals surface area (Å²) in [4.78, 5) is 59.4. The van der Waals surface area contributed by atoms with E-state index in [1.807, 2.05) is 0 Å². The summed E-state index contributed by atoms with van der Waals surface area (Å²) < 4.78 is 70.3. The molecule has 3 heterocycles. The zero-order valence-corrected chi connectivity index (χ0v) is 31.8. The molecule has 1 fully saturated rings. The molecule has 1 aliphatic heterocycles. The van der Waals surface area contributed by atoms with Crippen LogP contribution < -0.4 is 20.7 Å². The Labute approximate surface area is 321 Å². The first-order valence-electron chi connectivity index (χ1n) is 16.9. The van der Waals surface area contributed by atoms with Crippen LogP contribution in [0.2, 0.25) is 0 Å². The number of fused-ring (bicyclic) bond motifs is 1. The molecule has 302 valence electrons. The Bertz CT molecular complexity index is 2380. The van der Waals surface area contributed by atoms with E-state index >= 15 is 0 Å². The van der Waals surface area contributed by atoms with Gasteiger partial charge in [0, 0.05) is 31.5 Å². The number of rotatable bonds is 16. The van der Waals surface area contributed by atoms with E-state index in [0.29, 0.717) is 22.1 Å². The minimum absolute atomic E-state index is 0.211. The van der Waals surface area contributed by atoms with Gasteiger partial charge in [0.1, 0.15) is 35.5 Å². The Morgan fingerprint density at radius 3 is 1.96 bits per heavy atom. The van der Waals surface area contributed by atoms with Crippen LogP contribution in [-0.4, -0.2) is 66.3 Å². The van der Waals surface area contributed by atoms with Gasteiger partial charge in [0.25, 0.3) is 5.56 Å². The Kier molecular flexibility index (Phi) is 12.8. The average molecular weight is 832 g/mol. The Balaban J connectivity index is 1.14. The number of ether oxygens (including phenoxy) is 3. The molecule has 3 aromatic carbocycles. The first-order chi connectivity index (χ1) is 27.1. The summed E-state index contributed by atoms with van der Waals surface area (Å²) in [5.41, 5.74) is -0.230. The van der Waals surface area contributed by atoms with Crippen LogP contribution in [0.3, 0.4) is 0 Å². The second-order valence-corrected chi connectivity index (χ2v) is 15.7. The van der Waals surface area contributed by atoms with Crippen LogP contribution in [0.4, 0.5) is 0 Å². The monoisotopic (exact) mass is 831 g/mol. The zero-order chi connectivity index (χ0) is 40.9. The van der Waals surface area contributed by atoms with E-state index < -0.39 is 83.2 Å². The van der Waals surface area contributed by atoms with Crippen LogP contribution >= 0.6 is 15.6 Å². The largest absolute Gasteiger partial charge is 0.484 e. The molecule has 0 bridgehead atoms. The molecule has 3 N–H and O–H groups in total. The molecule has 2 aromatic heterocycles. The van der Waals surface area contributed by atoms with Gasteiger partial charge in [-0.25, -0.2) is 13.9 Å². The van der Waals surface area contributed by atoms with Crippen molar-refractivity contribution < 1.29 is 70.4 Å². The molecule has 57 heavy (non-hydrogen) atoms. The Hall–Kier alpha value is -5.11. The van der Waals surface area contributed by atoms with Crippen LogP contribution in [0, 0.1) is 0 Å². The average Bonchev–Trinajstić information content (AvgIpc) is 3.70. The van der Waals surface area contributed by atoms with Crippen LogP contribution in [0.25, 0.3) is 11.0 Å². The van der Waals surface area contributed by atoms with Gasteiger partial charge in [0.2, 0.25) is 0 Å². The van der Waals surface area contributed by atoms with Crippen LogP contribution in [0.1, 0.15) is 36.9 Å². The fourth-order valence-electron chi connectivity index (χ4n) is 5.52. The SMILES string of the molecule is CC(=O)Oc1ccc(COP(=O)(OCc2ccc(OC(C)=O)cc2)OP(=O)(O)OC[C@H]2O[C@@H](n3ccc(=O)n(Cc4noc5ccccc45)c3=O)[C@@H](O)[C@H]2O)cc1. The van der Waals surface area contributed by atoms with E-state index in [9.17, 15) is 43.4 Å². The smallest absolute Gasteiger partial charge is 0.427 e. The van der Waals surface area contributed by atoms with Gasteiger partial charge in [0.15, 0.2) is 11.8 Å². The van der Waals surface area contributed by atoms with E-state index in [1.54, 1.807) is 24.3 Å². The van der Waals surface area contributed by atoms with Crippen molar-refractivity contribution in [3.63, 3.8) is 0 Å². The fraction of sp³-hybridized carbons (Fsp3) is 0.286. The molecule has 0 spiro atoms. The Morgan fingerprint density at radius 2 is 1.39 bits per heavy atom. The predicted molar refractivity (Wildman–Crippen MR) is 194 cm³/mol. The highest BCUT2D eigenvalue weighted by Gasteiger charge is 2.46. The molecule has 1 saturated heterocycles. The number of nitrogens with zero attached hydrogens (tertiary/aromatic N) is 3. The number of aliphatic hydroxyl groups excluding tert-OH is 2. The maximum Gasteiger partial charge on any atom is 0.484 e. The summed E-state index contributed by atoms with van der Waals surface area (Å²) in [6, 6.07) is 19.4. The van der Waals surface area contributed by atoms with Crippen molar-refractivity contribution >= 4 is 38.6 Å². The summed E-state index contributed by atoms with van der Waals surface area (Å²) in [7, 11) is -10.4. The van der Waals surface area contributed by atoms with E-state index in [-0.39, 0.29) is 23.7 Å². The maximum atomic E-state index is 13.8. The number of esters is 2. The van der Waals surface area contributed by atoms with Crippen molar-refractivity contribution in [3.8, 4) is 11.5 Å². The van der Waals surface area contributed by atoms with Crippen molar-refractivity contribution in [1.82, 2.24) is 14.3 Å². The molecule has 1 aliphatic rings. The number of para-hydroxylation sites is 1. The number of carbonyl (C=O) groups excluding carboxylic acids is 2. The van der Waals surface area contributed by atoms with E-state index in [4.69, 9.17) is 36.6 Å². The van der Waals surface area contributed by atoms with Crippen LogP contribution in [-0.2, 0) is 61.1 Å². The molecule has 22 heteroatoms. The molecule has 0 amide bonds. The lowest BCUT2D eigenvalue weighted by Gasteiger charge is -2.22. The predicted octanol–water partition coefficient (Wildman–Crippen LogP) is 3.34. The topological polar surface area (TPSA) is 264 Å². The summed E-state index contributed by atoms with van der Waals surface area (Å²) in [5, 5.41) is 26.1. The van der Waals surface area contributed by atoms with E-state index in [2.05, 4.69) is 5.16 Å². The maximum absolute atomic E-state index is 13.8. The quantitative estimate of drug-likeness (QED) is 0.0731. The number of aliphatic hydroxyl groups is 2. The molecule has 1 unspecified atom stereocenters. The molecule has 0 radical (unpaired) electrons. The molecule has 20 nitrogen and oxygen atoms in total. The molecule has 0 aliphatic carbocycles. The molecule has 0 saturated carbocycles.